The van der Waals surface area contributed by atoms with Crippen molar-refractivity contribution in [1.82, 2.24) is 10.2 Å². The van der Waals surface area contributed by atoms with Crippen LogP contribution < -0.4 is 5.32 Å². The summed E-state index contributed by atoms with van der Waals surface area (Å²) < 4.78 is 13.4. The molecule has 1 aromatic rings. The summed E-state index contributed by atoms with van der Waals surface area (Å²) in [7, 11) is 2.00. The normalized spacial score (nSPS) is 16.1. The van der Waals surface area contributed by atoms with E-state index in [1.54, 1.807) is 12.1 Å². The minimum absolute atomic E-state index is 0.0740. The fourth-order valence-electron chi connectivity index (χ4n) is 3.17. The summed E-state index contributed by atoms with van der Waals surface area (Å²) in [5, 5.41) is 3.45. The maximum absolute atomic E-state index is 13.4. The molecule has 0 bridgehead atoms. The lowest BCUT2D eigenvalue weighted by molar-refractivity contribution is 0.0730. The molecule has 0 aliphatic heterocycles. The second-order valence-corrected chi connectivity index (χ2v) is 5.56. The zero-order valence-electron chi connectivity index (χ0n) is 13.5. The largest absolute Gasteiger partial charge is 0.315 e. The number of halogens is 1. The van der Waals surface area contributed by atoms with E-state index < -0.39 is 0 Å². The highest BCUT2D eigenvalue weighted by Gasteiger charge is 2.35. The molecule has 1 rings (SSSR count). The van der Waals surface area contributed by atoms with Gasteiger partial charge in [0.05, 0.1) is 0 Å². The molecule has 0 amide bonds. The molecule has 114 valence electrons. The van der Waals surface area contributed by atoms with Crippen LogP contribution in [0.1, 0.15) is 39.7 Å². The molecular formula is C17H29FN2. The smallest absolute Gasteiger partial charge is 0.123 e. The Labute approximate surface area is 123 Å². The number of hydrogen-bond donors (Lipinski definition) is 1. The van der Waals surface area contributed by atoms with Crippen molar-refractivity contribution in [2.24, 2.45) is 0 Å². The molecule has 1 N–H and O–H groups in total. The maximum atomic E-state index is 13.4. The van der Waals surface area contributed by atoms with E-state index in [9.17, 15) is 4.39 Å². The van der Waals surface area contributed by atoms with Crippen molar-refractivity contribution in [2.45, 2.75) is 52.1 Å². The van der Waals surface area contributed by atoms with Gasteiger partial charge in [0.1, 0.15) is 5.82 Å². The van der Waals surface area contributed by atoms with Crippen molar-refractivity contribution in [3.05, 3.63) is 35.6 Å². The van der Waals surface area contributed by atoms with E-state index in [1.165, 1.54) is 6.07 Å². The number of rotatable bonds is 8. The van der Waals surface area contributed by atoms with Crippen LogP contribution in [-0.2, 0) is 6.42 Å². The molecular weight excluding hydrogens is 251 g/mol. The molecule has 2 atom stereocenters. The number of nitrogens with zero attached hydrogens (tertiary/aromatic N) is 1. The second kappa shape index (κ2) is 7.75. The van der Waals surface area contributed by atoms with Crippen LogP contribution in [0.25, 0.3) is 0 Å². The van der Waals surface area contributed by atoms with Crippen LogP contribution >= 0.6 is 0 Å². The van der Waals surface area contributed by atoms with Crippen molar-refractivity contribution in [3.63, 3.8) is 0 Å². The van der Waals surface area contributed by atoms with E-state index in [2.05, 4.69) is 37.9 Å². The molecule has 0 saturated heterocycles. The van der Waals surface area contributed by atoms with Crippen molar-refractivity contribution >= 4 is 0 Å². The van der Waals surface area contributed by atoms with Crippen LogP contribution in [0.15, 0.2) is 24.3 Å². The summed E-state index contributed by atoms with van der Waals surface area (Å²) in [5.41, 5.74) is 1.13. The van der Waals surface area contributed by atoms with Gasteiger partial charge in [-0.2, -0.15) is 0 Å². The summed E-state index contributed by atoms with van der Waals surface area (Å²) in [5.74, 6) is -0.154. The molecule has 0 heterocycles. The minimum Gasteiger partial charge on any atom is -0.315 e. The van der Waals surface area contributed by atoms with Gasteiger partial charge in [-0.15, -0.1) is 0 Å². The molecule has 20 heavy (non-hydrogen) atoms. The van der Waals surface area contributed by atoms with Gasteiger partial charge in [0.15, 0.2) is 0 Å². The molecule has 0 aliphatic rings. The van der Waals surface area contributed by atoms with Crippen LogP contribution in [0.2, 0.25) is 0 Å². The molecule has 0 aliphatic carbocycles. The van der Waals surface area contributed by atoms with Gasteiger partial charge in [0.25, 0.3) is 0 Å². The van der Waals surface area contributed by atoms with Gasteiger partial charge in [-0.3, -0.25) is 4.90 Å². The standard InChI is InChI=1S/C17H29FN2/c1-6-17(4,20(7-2)8-3)16(19-5)13-14-10-9-11-15(18)12-14/h9-12,16,19H,6-8,13H2,1-5H3. The predicted octanol–water partition coefficient (Wildman–Crippen LogP) is 3.47. The molecule has 1 aromatic carbocycles. The van der Waals surface area contributed by atoms with Crippen LogP contribution in [0.3, 0.4) is 0 Å². The summed E-state index contributed by atoms with van der Waals surface area (Å²) in [6, 6.07) is 7.24. The van der Waals surface area contributed by atoms with Crippen molar-refractivity contribution in [2.75, 3.05) is 20.1 Å². The number of likely N-dealkylation sites (N-methyl/N-ethyl adjacent to an activating group) is 2. The molecule has 0 saturated carbocycles. The third-order valence-corrected chi connectivity index (χ3v) is 4.63. The summed E-state index contributed by atoms with van der Waals surface area (Å²) >= 11 is 0. The highest BCUT2D eigenvalue weighted by molar-refractivity contribution is 5.19. The lowest BCUT2D eigenvalue weighted by atomic mass is 9.83. The van der Waals surface area contributed by atoms with E-state index in [4.69, 9.17) is 0 Å². The van der Waals surface area contributed by atoms with Gasteiger partial charge in [-0.05, 0) is 57.6 Å². The Morgan fingerprint density at radius 3 is 2.35 bits per heavy atom. The van der Waals surface area contributed by atoms with Gasteiger partial charge < -0.3 is 5.32 Å². The Morgan fingerprint density at radius 2 is 1.90 bits per heavy atom. The molecule has 0 fully saturated rings. The summed E-state index contributed by atoms with van der Waals surface area (Å²) in [4.78, 5) is 2.49. The molecule has 0 spiro atoms. The monoisotopic (exact) mass is 280 g/mol. The first-order chi connectivity index (χ1) is 9.51. The predicted molar refractivity (Wildman–Crippen MR) is 84.6 cm³/mol. The molecule has 3 heteroatoms. The van der Waals surface area contributed by atoms with E-state index in [-0.39, 0.29) is 11.4 Å². The Bertz CT molecular complexity index is 404. The van der Waals surface area contributed by atoms with E-state index in [0.717, 1.165) is 31.5 Å². The Kier molecular flexibility index (Phi) is 6.63. The zero-order valence-corrected chi connectivity index (χ0v) is 13.5. The van der Waals surface area contributed by atoms with E-state index in [0.29, 0.717) is 6.04 Å². The maximum Gasteiger partial charge on any atom is 0.123 e. The van der Waals surface area contributed by atoms with E-state index in [1.807, 2.05) is 13.1 Å². The van der Waals surface area contributed by atoms with Crippen LogP contribution in [0.5, 0.6) is 0 Å². The topological polar surface area (TPSA) is 15.3 Å². The Balaban J connectivity index is 2.97. The fraction of sp³-hybridized carbons (Fsp3) is 0.647. The van der Waals surface area contributed by atoms with Crippen molar-refractivity contribution in [3.8, 4) is 0 Å². The molecule has 0 aromatic heterocycles. The Hall–Kier alpha value is -0.930. The third-order valence-electron chi connectivity index (χ3n) is 4.63. The zero-order chi connectivity index (χ0) is 15.2. The van der Waals surface area contributed by atoms with Crippen molar-refractivity contribution < 1.29 is 4.39 Å². The Morgan fingerprint density at radius 1 is 1.25 bits per heavy atom. The summed E-state index contributed by atoms with van der Waals surface area (Å²) in [6.07, 6.45) is 1.91. The summed E-state index contributed by atoms with van der Waals surface area (Å²) in [6.45, 7) is 11.0. The number of nitrogens with one attached hydrogen (secondary N) is 1. The van der Waals surface area contributed by atoms with Gasteiger partial charge in [0, 0.05) is 11.6 Å². The third kappa shape index (κ3) is 3.80. The quantitative estimate of drug-likeness (QED) is 0.784. The van der Waals surface area contributed by atoms with Crippen molar-refractivity contribution in [1.29, 1.82) is 0 Å². The number of hydrogen-bond acceptors (Lipinski definition) is 2. The highest BCUT2D eigenvalue weighted by atomic mass is 19.1. The molecule has 2 unspecified atom stereocenters. The van der Waals surface area contributed by atoms with Crippen LogP contribution in [-0.4, -0.2) is 36.6 Å². The second-order valence-electron chi connectivity index (χ2n) is 5.56. The lowest BCUT2D eigenvalue weighted by Crippen LogP contribution is -2.59. The molecule has 0 radical (unpaired) electrons. The molecule has 2 nitrogen and oxygen atoms in total. The first-order valence-electron chi connectivity index (χ1n) is 7.68. The lowest BCUT2D eigenvalue weighted by Gasteiger charge is -2.46. The first-order valence-corrected chi connectivity index (χ1v) is 7.68. The fourth-order valence-corrected chi connectivity index (χ4v) is 3.17. The van der Waals surface area contributed by atoms with E-state index >= 15 is 0 Å². The van der Waals surface area contributed by atoms with Gasteiger partial charge in [-0.1, -0.05) is 32.9 Å². The average Bonchev–Trinajstić information content (AvgIpc) is 2.45. The average molecular weight is 280 g/mol. The first kappa shape index (κ1) is 17.1. The highest BCUT2D eigenvalue weighted by Crippen LogP contribution is 2.26. The SMILES string of the molecule is CCN(CC)C(C)(CC)C(Cc1cccc(F)c1)NC. The van der Waals surface area contributed by atoms with Gasteiger partial charge >= 0.3 is 0 Å². The van der Waals surface area contributed by atoms with Crippen LogP contribution in [0, 0.1) is 5.82 Å². The minimum atomic E-state index is -0.154. The van der Waals surface area contributed by atoms with Crippen LogP contribution in [0.4, 0.5) is 4.39 Å². The van der Waals surface area contributed by atoms with Gasteiger partial charge in [0.2, 0.25) is 0 Å². The van der Waals surface area contributed by atoms with Gasteiger partial charge in [-0.25, -0.2) is 4.39 Å². The number of benzene rings is 1.